The summed E-state index contributed by atoms with van der Waals surface area (Å²) in [7, 11) is 0. The van der Waals surface area contributed by atoms with Gasteiger partial charge in [0.25, 0.3) is 0 Å². The van der Waals surface area contributed by atoms with Crippen LogP contribution in [0.2, 0.25) is 0 Å². The lowest BCUT2D eigenvalue weighted by Crippen LogP contribution is -2.29. The Hall–Kier alpha value is -2.25. The van der Waals surface area contributed by atoms with Gasteiger partial charge in [0, 0.05) is 22.7 Å². The molecule has 3 rings (SSSR count). The van der Waals surface area contributed by atoms with Crippen molar-refractivity contribution in [2.24, 2.45) is 0 Å². The van der Waals surface area contributed by atoms with E-state index in [0.717, 1.165) is 32.5 Å². The number of thiophene rings is 1. The number of rotatable bonds is 7. The first-order chi connectivity index (χ1) is 13.5. The molecule has 1 aromatic carbocycles. The number of halogens is 1. The van der Waals surface area contributed by atoms with Gasteiger partial charge in [-0.3, -0.25) is 4.79 Å². The molecule has 0 aliphatic heterocycles. The Morgan fingerprint density at radius 1 is 1.18 bits per heavy atom. The highest BCUT2D eigenvalue weighted by molar-refractivity contribution is 7.98. The molecule has 0 aliphatic rings. The van der Waals surface area contributed by atoms with Crippen LogP contribution in [0.25, 0.3) is 0 Å². The molecule has 7 heteroatoms. The third-order valence-corrected chi connectivity index (χ3v) is 6.01. The lowest BCUT2D eigenvalue weighted by Gasteiger charge is -2.18. The highest BCUT2D eigenvalue weighted by Gasteiger charge is 2.19. The van der Waals surface area contributed by atoms with Crippen molar-refractivity contribution in [3.8, 4) is 0 Å². The number of hydrogen-bond donors (Lipinski definition) is 1. The molecule has 146 valence electrons. The van der Waals surface area contributed by atoms with E-state index < -0.39 is 0 Å². The molecule has 3 aromatic rings. The first kappa shape index (κ1) is 20.5. The SMILES string of the molecule is CSc1nc(C)c(CCC(=O)NC(c2ccc(F)cc2)c2cccs2)c(C)n1. The summed E-state index contributed by atoms with van der Waals surface area (Å²) in [5, 5.41) is 5.81. The summed E-state index contributed by atoms with van der Waals surface area (Å²) >= 11 is 3.07. The molecular formula is C21H22FN3OS2. The van der Waals surface area contributed by atoms with E-state index >= 15 is 0 Å². The van der Waals surface area contributed by atoms with E-state index in [-0.39, 0.29) is 17.8 Å². The van der Waals surface area contributed by atoms with Crippen molar-refractivity contribution in [1.82, 2.24) is 15.3 Å². The van der Waals surface area contributed by atoms with Gasteiger partial charge in [0.15, 0.2) is 5.16 Å². The average molecular weight is 416 g/mol. The van der Waals surface area contributed by atoms with Gasteiger partial charge in [0.05, 0.1) is 6.04 Å². The molecule has 0 bridgehead atoms. The monoisotopic (exact) mass is 415 g/mol. The molecule has 0 fully saturated rings. The normalized spacial score (nSPS) is 12.0. The number of thioether (sulfide) groups is 1. The number of hydrogen-bond acceptors (Lipinski definition) is 5. The maximum absolute atomic E-state index is 13.3. The van der Waals surface area contributed by atoms with Gasteiger partial charge in [-0.05, 0) is 61.2 Å². The van der Waals surface area contributed by atoms with Gasteiger partial charge >= 0.3 is 0 Å². The van der Waals surface area contributed by atoms with Crippen LogP contribution in [0.5, 0.6) is 0 Å². The van der Waals surface area contributed by atoms with Crippen LogP contribution in [0, 0.1) is 19.7 Å². The molecule has 1 atom stereocenters. The molecule has 0 saturated carbocycles. The molecule has 1 amide bonds. The second-order valence-electron chi connectivity index (χ2n) is 6.43. The summed E-state index contributed by atoms with van der Waals surface area (Å²) < 4.78 is 13.3. The molecule has 1 N–H and O–H groups in total. The Labute approximate surface area is 172 Å². The van der Waals surface area contributed by atoms with Crippen LogP contribution < -0.4 is 5.32 Å². The number of benzene rings is 1. The molecule has 0 saturated heterocycles. The molecule has 0 spiro atoms. The predicted molar refractivity (Wildman–Crippen MR) is 112 cm³/mol. The lowest BCUT2D eigenvalue weighted by atomic mass is 10.0. The summed E-state index contributed by atoms with van der Waals surface area (Å²) in [5.74, 6) is -0.352. The molecular weight excluding hydrogens is 393 g/mol. The maximum atomic E-state index is 13.3. The van der Waals surface area contributed by atoms with Crippen LogP contribution in [0.4, 0.5) is 4.39 Å². The van der Waals surface area contributed by atoms with E-state index in [4.69, 9.17) is 0 Å². The van der Waals surface area contributed by atoms with Crippen LogP contribution in [0.1, 0.15) is 39.9 Å². The fraction of sp³-hybridized carbons (Fsp3) is 0.286. The summed E-state index contributed by atoms with van der Waals surface area (Å²) in [5.41, 5.74) is 3.70. The second kappa shape index (κ2) is 9.30. The van der Waals surface area contributed by atoms with Crippen LogP contribution >= 0.6 is 23.1 Å². The third kappa shape index (κ3) is 4.97. The van der Waals surface area contributed by atoms with E-state index in [1.807, 2.05) is 37.6 Å². The Morgan fingerprint density at radius 2 is 1.86 bits per heavy atom. The quantitative estimate of drug-likeness (QED) is 0.442. The average Bonchev–Trinajstić information content (AvgIpc) is 3.20. The molecule has 28 heavy (non-hydrogen) atoms. The fourth-order valence-electron chi connectivity index (χ4n) is 3.06. The predicted octanol–water partition coefficient (Wildman–Crippen LogP) is 4.85. The minimum atomic E-state index is -0.292. The van der Waals surface area contributed by atoms with Gasteiger partial charge < -0.3 is 5.32 Å². The van der Waals surface area contributed by atoms with Crippen molar-refractivity contribution in [3.63, 3.8) is 0 Å². The topological polar surface area (TPSA) is 54.9 Å². The van der Waals surface area contributed by atoms with Crippen molar-refractivity contribution in [1.29, 1.82) is 0 Å². The van der Waals surface area contributed by atoms with Gasteiger partial charge in [-0.2, -0.15) is 0 Å². The van der Waals surface area contributed by atoms with E-state index in [2.05, 4.69) is 15.3 Å². The van der Waals surface area contributed by atoms with Crippen LogP contribution in [0.3, 0.4) is 0 Å². The van der Waals surface area contributed by atoms with Gasteiger partial charge in [-0.1, -0.05) is 30.0 Å². The maximum Gasteiger partial charge on any atom is 0.221 e. The first-order valence-electron chi connectivity index (χ1n) is 8.94. The molecule has 4 nitrogen and oxygen atoms in total. The van der Waals surface area contributed by atoms with Crippen molar-refractivity contribution in [2.45, 2.75) is 37.9 Å². The zero-order valence-electron chi connectivity index (χ0n) is 16.0. The minimum absolute atomic E-state index is 0.0598. The number of amides is 1. The number of carbonyl (C=O) groups excluding carboxylic acids is 1. The highest BCUT2D eigenvalue weighted by atomic mass is 32.2. The summed E-state index contributed by atoms with van der Waals surface area (Å²) in [4.78, 5) is 22.6. The largest absolute Gasteiger partial charge is 0.344 e. The van der Waals surface area contributed by atoms with E-state index in [1.165, 1.54) is 23.9 Å². The Morgan fingerprint density at radius 3 is 2.43 bits per heavy atom. The fourth-order valence-corrected chi connectivity index (χ4v) is 4.32. The van der Waals surface area contributed by atoms with E-state index in [1.54, 1.807) is 23.5 Å². The first-order valence-corrected chi connectivity index (χ1v) is 11.0. The third-order valence-electron chi connectivity index (χ3n) is 4.52. The van der Waals surface area contributed by atoms with Crippen molar-refractivity contribution in [2.75, 3.05) is 6.26 Å². The molecule has 2 heterocycles. The number of nitrogens with zero attached hydrogens (tertiary/aromatic N) is 2. The number of nitrogens with one attached hydrogen (secondary N) is 1. The van der Waals surface area contributed by atoms with Gasteiger partial charge in [-0.25, -0.2) is 14.4 Å². The number of aromatic nitrogens is 2. The molecule has 1 unspecified atom stereocenters. The minimum Gasteiger partial charge on any atom is -0.344 e. The Balaban J connectivity index is 1.72. The van der Waals surface area contributed by atoms with Crippen molar-refractivity contribution >= 4 is 29.0 Å². The summed E-state index contributed by atoms with van der Waals surface area (Å²) in [6.45, 7) is 3.91. The van der Waals surface area contributed by atoms with E-state index in [0.29, 0.717) is 12.8 Å². The molecule has 0 aliphatic carbocycles. The highest BCUT2D eigenvalue weighted by Crippen LogP contribution is 2.26. The second-order valence-corrected chi connectivity index (χ2v) is 8.18. The standard InChI is InChI=1S/C21H22FN3OS2/c1-13-17(14(2)24-21(23-13)27-3)10-11-19(26)25-20(18-5-4-12-28-18)15-6-8-16(22)9-7-15/h4-9,12,20H,10-11H2,1-3H3,(H,25,26). The van der Waals surface area contributed by atoms with Gasteiger partial charge in [0.1, 0.15) is 5.82 Å². The van der Waals surface area contributed by atoms with Crippen LogP contribution in [0.15, 0.2) is 46.9 Å². The lowest BCUT2D eigenvalue weighted by molar-refractivity contribution is -0.121. The Kier molecular flexibility index (Phi) is 6.80. The zero-order valence-corrected chi connectivity index (χ0v) is 17.7. The smallest absolute Gasteiger partial charge is 0.221 e. The van der Waals surface area contributed by atoms with Gasteiger partial charge in [0.2, 0.25) is 5.91 Å². The molecule has 0 radical (unpaired) electrons. The van der Waals surface area contributed by atoms with Crippen molar-refractivity contribution < 1.29 is 9.18 Å². The summed E-state index contributed by atoms with van der Waals surface area (Å²) in [6, 6.07) is 9.89. The number of aryl methyl sites for hydroxylation is 2. The van der Waals surface area contributed by atoms with Gasteiger partial charge in [-0.15, -0.1) is 11.3 Å². The zero-order chi connectivity index (χ0) is 20.1. The summed E-state index contributed by atoms with van der Waals surface area (Å²) in [6.07, 6.45) is 2.87. The van der Waals surface area contributed by atoms with Crippen LogP contribution in [-0.2, 0) is 11.2 Å². The number of carbonyl (C=O) groups is 1. The van der Waals surface area contributed by atoms with Crippen LogP contribution in [-0.4, -0.2) is 22.1 Å². The van der Waals surface area contributed by atoms with Crippen molar-refractivity contribution in [3.05, 3.63) is 75.0 Å². The van der Waals surface area contributed by atoms with E-state index in [9.17, 15) is 9.18 Å². The molecule has 2 aromatic heterocycles. The Bertz CT molecular complexity index is 920.